The number of nitrogens with one attached hydrogen (secondary N) is 2. The molecule has 4 N–H and O–H groups in total. The maximum atomic E-state index is 9.10. The van der Waals surface area contributed by atoms with Gasteiger partial charge in [0.15, 0.2) is 0 Å². The Labute approximate surface area is 140 Å². The van der Waals surface area contributed by atoms with Gasteiger partial charge in [0.25, 0.3) is 0 Å². The molecule has 0 unspecified atom stereocenters. The number of hydrogen-bond acceptors (Lipinski definition) is 5. The van der Waals surface area contributed by atoms with Crippen LogP contribution in [0.3, 0.4) is 0 Å². The number of aromatic nitrogens is 3. The first-order valence-corrected chi connectivity index (χ1v) is 7.90. The van der Waals surface area contributed by atoms with E-state index >= 15 is 0 Å². The minimum absolute atomic E-state index is 0.399. The Bertz CT molecular complexity index is 919. The zero-order chi connectivity index (χ0) is 17.1. The number of fused-ring (bicyclic) bond motifs is 1. The molecule has 0 amide bonds. The smallest absolute Gasteiger partial charge is 0.129 e. The number of benzene rings is 1. The molecule has 6 heteroatoms. The van der Waals surface area contributed by atoms with Crippen molar-refractivity contribution in [2.24, 2.45) is 5.73 Å². The van der Waals surface area contributed by atoms with Crippen molar-refractivity contribution in [1.82, 2.24) is 15.0 Å². The van der Waals surface area contributed by atoms with Gasteiger partial charge in [-0.05, 0) is 44.0 Å². The van der Waals surface area contributed by atoms with Crippen molar-refractivity contribution >= 4 is 16.7 Å². The van der Waals surface area contributed by atoms with Crippen LogP contribution in [0.5, 0.6) is 0 Å². The van der Waals surface area contributed by atoms with Crippen LogP contribution < -0.4 is 11.1 Å². The average Bonchev–Trinajstić information content (AvgIpc) is 2.89. The fraction of sp³-hybridized carbons (Fsp3) is 0.278. The number of aromatic amines is 1. The second-order valence-corrected chi connectivity index (χ2v) is 5.77. The highest BCUT2D eigenvalue weighted by atomic mass is 15.0. The lowest BCUT2D eigenvalue weighted by molar-refractivity contribution is 0.915. The molecule has 2 heterocycles. The Kier molecular flexibility index (Phi) is 4.45. The van der Waals surface area contributed by atoms with Gasteiger partial charge in [0.2, 0.25) is 0 Å². The molecule has 0 radical (unpaired) electrons. The van der Waals surface area contributed by atoms with E-state index in [0.717, 1.165) is 41.1 Å². The van der Waals surface area contributed by atoms with Crippen LogP contribution >= 0.6 is 0 Å². The summed E-state index contributed by atoms with van der Waals surface area (Å²) < 4.78 is 0. The Balaban J connectivity index is 1.77. The highest BCUT2D eigenvalue weighted by Crippen LogP contribution is 2.24. The molecule has 1 aromatic carbocycles. The van der Waals surface area contributed by atoms with Gasteiger partial charge in [-0.15, -0.1) is 0 Å². The van der Waals surface area contributed by atoms with E-state index in [4.69, 9.17) is 11.0 Å². The van der Waals surface area contributed by atoms with E-state index in [1.54, 1.807) is 0 Å². The molecule has 0 aliphatic heterocycles. The van der Waals surface area contributed by atoms with E-state index in [9.17, 15) is 0 Å². The predicted octanol–water partition coefficient (Wildman–Crippen LogP) is 2.56. The molecule has 0 atom stereocenters. The van der Waals surface area contributed by atoms with Crippen LogP contribution in [0.15, 0.2) is 24.3 Å². The molecule has 2 aromatic heterocycles. The lowest BCUT2D eigenvalue weighted by Crippen LogP contribution is -2.10. The first-order chi connectivity index (χ1) is 11.6. The molecule has 3 aromatic rings. The summed E-state index contributed by atoms with van der Waals surface area (Å²) in [6, 6.07) is 9.81. The zero-order valence-corrected chi connectivity index (χ0v) is 13.8. The average molecular weight is 320 g/mol. The molecule has 122 valence electrons. The number of nitrogens with zero attached hydrogens (tertiary/aromatic N) is 3. The van der Waals surface area contributed by atoms with Crippen LogP contribution in [-0.4, -0.2) is 21.5 Å². The molecule has 3 rings (SSSR count). The van der Waals surface area contributed by atoms with Gasteiger partial charge >= 0.3 is 0 Å². The summed E-state index contributed by atoms with van der Waals surface area (Å²) in [5, 5.41) is 13.5. The van der Waals surface area contributed by atoms with Crippen molar-refractivity contribution in [1.29, 1.82) is 5.26 Å². The Hall–Kier alpha value is -2.91. The normalized spacial score (nSPS) is 10.8. The number of rotatable bonds is 5. The van der Waals surface area contributed by atoms with Crippen molar-refractivity contribution in [2.45, 2.75) is 26.8 Å². The highest BCUT2D eigenvalue weighted by molar-refractivity contribution is 5.86. The van der Waals surface area contributed by atoms with Gasteiger partial charge in [0, 0.05) is 35.8 Å². The molecule has 24 heavy (non-hydrogen) atoms. The van der Waals surface area contributed by atoms with E-state index in [0.29, 0.717) is 17.9 Å². The molecule has 6 nitrogen and oxygen atoms in total. The molecule has 0 spiro atoms. The summed E-state index contributed by atoms with van der Waals surface area (Å²) in [6.45, 7) is 5.06. The molecular weight excluding hydrogens is 300 g/mol. The summed E-state index contributed by atoms with van der Waals surface area (Å²) in [7, 11) is 0. The van der Waals surface area contributed by atoms with E-state index in [2.05, 4.69) is 33.3 Å². The number of nitriles is 1. The molecule has 0 aliphatic carbocycles. The van der Waals surface area contributed by atoms with Crippen LogP contribution in [-0.2, 0) is 13.0 Å². The molecule has 0 saturated carbocycles. The molecule has 0 bridgehead atoms. The lowest BCUT2D eigenvalue weighted by Gasteiger charge is -2.08. The Morgan fingerprint density at radius 1 is 1.25 bits per heavy atom. The van der Waals surface area contributed by atoms with E-state index in [-0.39, 0.29) is 0 Å². The van der Waals surface area contributed by atoms with Crippen molar-refractivity contribution in [3.05, 3.63) is 52.6 Å². The Morgan fingerprint density at radius 3 is 2.83 bits per heavy atom. The van der Waals surface area contributed by atoms with Crippen molar-refractivity contribution < 1.29 is 0 Å². The Morgan fingerprint density at radius 2 is 2.08 bits per heavy atom. The van der Waals surface area contributed by atoms with Crippen molar-refractivity contribution in [3.8, 4) is 6.07 Å². The zero-order valence-electron chi connectivity index (χ0n) is 13.8. The largest absolute Gasteiger partial charge is 0.370 e. The van der Waals surface area contributed by atoms with Crippen molar-refractivity contribution in [3.63, 3.8) is 0 Å². The summed E-state index contributed by atoms with van der Waals surface area (Å²) in [4.78, 5) is 12.0. The fourth-order valence-electron chi connectivity index (χ4n) is 2.91. The van der Waals surface area contributed by atoms with Crippen LogP contribution in [0.4, 0.5) is 5.82 Å². The van der Waals surface area contributed by atoms with Crippen LogP contribution in [0.1, 0.15) is 28.3 Å². The van der Waals surface area contributed by atoms with Gasteiger partial charge < -0.3 is 16.0 Å². The molecule has 0 saturated heterocycles. The second kappa shape index (κ2) is 6.69. The number of nitrogens with two attached hydrogens (primary N) is 1. The number of aryl methyl sites for hydroxylation is 2. The SMILES string of the molecule is Cc1nc(CN)cc(NCCc2c(C)[nH]c3ccc(C#N)cc23)n1. The number of hydrogen-bond donors (Lipinski definition) is 3. The minimum atomic E-state index is 0.399. The van der Waals surface area contributed by atoms with E-state index < -0.39 is 0 Å². The van der Waals surface area contributed by atoms with Gasteiger partial charge in [-0.1, -0.05) is 0 Å². The maximum Gasteiger partial charge on any atom is 0.129 e. The fourth-order valence-corrected chi connectivity index (χ4v) is 2.91. The predicted molar refractivity (Wildman–Crippen MR) is 94.6 cm³/mol. The second-order valence-electron chi connectivity index (χ2n) is 5.77. The van der Waals surface area contributed by atoms with E-state index in [1.165, 1.54) is 5.56 Å². The third kappa shape index (κ3) is 3.21. The summed E-state index contributed by atoms with van der Waals surface area (Å²) in [5.74, 6) is 1.50. The first-order valence-electron chi connectivity index (χ1n) is 7.90. The quantitative estimate of drug-likeness (QED) is 0.670. The minimum Gasteiger partial charge on any atom is -0.370 e. The highest BCUT2D eigenvalue weighted by Gasteiger charge is 2.09. The molecule has 0 fully saturated rings. The summed E-state index contributed by atoms with van der Waals surface area (Å²) >= 11 is 0. The van der Waals surface area contributed by atoms with Gasteiger partial charge in [0.1, 0.15) is 11.6 Å². The van der Waals surface area contributed by atoms with Gasteiger partial charge in [-0.3, -0.25) is 0 Å². The standard InChI is InChI=1S/C18H20N6/c1-11-15(16-7-13(9-19)3-4-17(16)22-11)5-6-21-18-8-14(10-20)23-12(2)24-18/h3-4,7-8,22H,5-6,10,20H2,1-2H3,(H,21,23,24). The monoisotopic (exact) mass is 320 g/mol. The number of anilines is 1. The third-order valence-corrected chi connectivity index (χ3v) is 4.03. The van der Waals surface area contributed by atoms with E-state index in [1.807, 2.05) is 31.2 Å². The lowest BCUT2D eigenvalue weighted by atomic mass is 10.1. The van der Waals surface area contributed by atoms with Gasteiger partial charge in [0.05, 0.1) is 17.3 Å². The van der Waals surface area contributed by atoms with Gasteiger partial charge in [-0.2, -0.15) is 5.26 Å². The number of H-pyrrole nitrogens is 1. The maximum absolute atomic E-state index is 9.10. The topological polar surface area (TPSA) is 103 Å². The molecular formula is C18H20N6. The molecule has 0 aliphatic rings. The van der Waals surface area contributed by atoms with Crippen LogP contribution in [0, 0.1) is 25.2 Å². The first kappa shape index (κ1) is 16.0. The van der Waals surface area contributed by atoms with Crippen LogP contribution in [0.2, 0.25) is 0 Å². The third-order valence-electron chi connectivity index (χ3n) is 4.03. The summed E-state index contributed by atoms with van der Waals surface area (Å²) in [5.41, 5.74) is 10.6. The summed E-state index contributed by atoms with van der Waals surface area (Å²) in [6.07, 6.45) is 0.835. The van der Waals surface area contributed by atoms with Gasteiger partial charge in [-0.25, -0.2) is 9.97 Å². The van der Waals surface area contributed by atoms with Crippen LogP contribution in [0.25, 0.3) is 10.9 Å². The van der Waals surface area contributed by atoms with Crippen molar-refractivity contribution in [2.75, 3.05) is 11.9 Å².